The molecule has 2 spiro atoms. The van der Waals surface area contributed by atoms with Crippen molar-refractivity contribution in [2.75, 3.05) is 53.4 Å². The number of hydrogen-bond donors (Lipinski definition) is 0. The van der Waals surface area contributed by atoms with E-state index in [9.17, 15) is 14.4 Å². The van der Waals surface area contributed by atoms with E-state index in [1.807, 2.05) is 45.9 Å². The number of benzene rings is 1. The number of hydrogen-bond acceptors (Lipinski definition) is 3. The van der Waals surface area contributed by atoms with Crippen LogP contribution in [0.15, 0.2) is 24.3 Å². The van der Waals surface area contributed by atoms with E-state index in [4.69, 9.17) is 0 Å². The number of nitrogens with zero attached hydrogens (tertiary/aromatic N) is 4. The number of amides is 4. The Hall–Kier alpha value is -2.57. The van der Waals surface area contributed by atoms with Crippen LogP contribution in [-0.2, 0) is 11.2 Å². The first-order valence-corrected chi connectivity index (χ1v) is 11.9. The molecule has 0 radical (unpaired) electrons. The van der Waals surface area contributed by atoms with Crippen molar-refractivity contribution in [2.24, 2.45) is 10.8 Å². The van der Waals surface area contributed by atoms with Crippen LogP contribution in [0.3, 0.4) is 0 Å². The van der Waals surface area contributed by atoms with Crippen molar-refractivity contribution >= 4 is 17.8 Å². The summed E-state index contributed by atoms with van der Waals surface area (Å²) in [6, 6.07) is 7.84. The second-order valence-electron chi connectivity index (χ2n) is 9.87. The lowest BCUT2D eigenvalue weighted by Gasteiger charge is -2.46. The number of fused-ring (bicyclic) bond motifs is 1. The minimum Gasteiger partial charge on any atom is -0.342 e. The van der Waals surface area contributed by atoms with Crippen molar-refractivity contribution in [3.05, 3.63) is 35.4 Å². The van der Waals surface area contributed by atoms with Gasteiger partial charge in [-0.1, -0.05) is 19.1 Å². The highest BCUT2D eigenvalue weighted by Crippen LogP contribution is 2.58. The number of likely N-dealkylation sites (tertiary alicyclic amines) is 3. The minimum atomic E-state index is -0.521. The number of aryl methyl sites for hydroxylation is 1. The summed E-state index contributed by atoms with van der Waals surface area (Å²) in [6.07, 6.45) is 3.26. The minimum absolute atomic E-state index is 0.0291. The maximum absolute atomic E-state index is 13.6. The van der Waals surface area contributed by atoms with Crippen molar-refractivity contribution in [1.82, 2.24) is 19.6 Å². The van der Waals surface area contributed by atoms with E-state index < -0.39 is 5.41 Å². The summed E-state index contributed by atoms with van der Waals surface area (Å²) in [5.41, 5.74) is 1.16. The van der Waals surface area contributed by atoms with E-state index in [1.54, 1.807) is 19.0 Å². The second kappa shape index (κ2) is 8.41. The monoisotopic (exact) mass is 440 g/mol. The molecular formula is C25H36N4O3. The van der Waals surface area contributed by atoms with Crippen LogP contribution in [0.4, 0.5) is 4.79 Å². The van der Waals surface area contributed by atoms with Crippen LogP contribution in [0, 0.1) is 10.8 Å². The molecule has 32 heavy (non-hydrogen) atoms. The van der Waals surface area contributed by atoms with Gasteiger partial charge in [0.05, 0.1) is 5.41 Å². The van der Waals surface area contributed by atoms with Gasteiger partial charge < -0.3 is 19.6 Å². The molecule has 1 aromatic carbocycles. The first-order valence-electron chi connectivity index (χ1n) is 11.9. The summed E-state index contributed by atoms with van der Waals surface area (Å²) in [4.78, 5) is 46.9. The molecule has 3 aliphatic heterocycles. The van der Waals surface area contributed by atoms with E-state index >= 15 is 0 Å². The quantitative estimate of drug-likeness (QED) is 0.726. The number of rotatable bonds is 3. The summed E-state index contributed by atoms with van der Waals surface area (Å²) in [6.45, 7) is 7.93. The Morgan fingerprint density at radius 3 is 2.12 bits per heavy atom. The maximum atomic E-state index is 13.6. The van der Waals surface area contributed by atoms with E-state index in [2.05, 4.69) is 6.92 Å². The van der Waals surface area contributed by atoms with Gasteiger partial charge in [-0.25, -0.2) is 4.79 Å². The van der Waals surface area contributed by atoms with E-state index in [0.29, 0.717) is 32.7 Å². The van der Waals surface area contributed by atoms with Gasteiger partial charge in [0, 0.05) is 64.3 Å². The summed E-state index contributed by atoms with van der Waals surface area (Å²) >= 11 is 0. The predicted molar refractivity (Wildman–Crippen MR) is 123 cm³/mol. The molecule has 3 fully saturated rings. The number of carbonyl (C=O) groups excluding carboxylic acids is 3. The summed E-state index contributed by atoms with van der Waals surface area (Å²) in [7, 11) is 3.53. The van der Waals surface area contributed by atoms with Crippen LogP contribution in [0.1, 0.15) is 49.0 Å². The van der Waals surface area contributed by atoms with Crippen molar-refractivity contribution in [3.63, 3.8) is 0 Å². The van der Waals surface area contributed by atoms with Gasteiger partial charge in [-0.15, -0.1) is 0 Å². The SMILES string of the molecule is CCc1ccc(C(=O)N2CCC3(CC2)CN(C(=O)N(C)C)CC32CCN(CC)C2=O)cc1. The zero-order valence-electron chi connectivity index (χ0n) is 19.9. The maximum Gasteiger partial charge on any atom is 0.319 e. The van der Waals surface area contributed by atoms with Gasteiger partial charge in [0.1, 0.15) is 0 Å². The van der Waals surface area contributed by atoms with Crippen LogP contribution in [-0.4, -0.2) is 90.8 Å². The standard InChI is InChI=1S/C25H36N4O3/c1-5-19-7-9-20(10-8-19)21(30)28-14-11-24(12-15-28)17-29(23(32)26(3)4)18-25(24)13-16-27(6-2)22(25)31/h7-10H,5-6,11-18H2,1-4H3. The molecule has 0 N–H and O–H groups in total. The summed E-state index contributed by atoms with van der Waals surface area (Å²) < 4.78 is 0. The third-order valence-corrected chi connectivity index (χ3v) is 8.13. The van der Waals surface area contributed by atoms with Crippen LogP contribution >= 0.6 is 0 Å². The molecule has 1 unspecified atom stereocenters. The van der Waals surface area contributed by atoms with Crippen LogP contribution in [0.25, 0.3) is 0 Å². The Morgan fingerprint density at radius 1 is 0.938 bits per heavy atom. The molecule has 7 nitrogen and oxygen atoms in total. The molecule has 0 bridgehead atoms. The van der Waals surface area contributed by atoms with Crippen LogP contribution in [0.2, 0.25) is 0 Å². The number of carbonyl (C=O) groups is 3. The van der Waals surface area contributed by atoms with Crippen molar-refractivity contribution in [2.45, 2.75) is 39.5 Å². The topological polar surface area (TPSA) is 64.2 Å². The molecule has 4 amide bonds. The summed E-state index contributed by atoms with van der Waals surface area (Å²) in [5.74, 6) is 0.257. The molecule has 3 saturated heterocycles. The molecular weight excluding hydrogens is 404 g/mol. The molecule has 7 heteroatoms. The first-order chi connectivity index (χ1) is 15.3. The van der Waals surface area contributed by atoms with Crippen molar-refractivity contribution < 1.29 is 14.4 Å². The number of piperidine rings is 1. The average molecular weight is 441 g/mol. The molecule has 0 saturated carbocycles. The smallest absolute Gasteiger partial charge is 0.319 e. The normalized spacial score (nSPS) is 24.6. The highest BCUT2D eigenvalue weighted by atomic mass is 16.2. The van der Waals surface area contributed by atoms with Crippen molar-refractivity contribution in [1.29, 1.82) is 0 Å². The molecule has 3 heterocycles. The molecule has 3 aliphatic rings. The molecule has 1 aromatic rings. The molecule has 1 atom stereocenters. The number of urea groups is 1. The Balaban J connectivity index is 1.55. The van der Waals surface area contributed by atoms with Crippen LogP contribution in [0.5, 0.6) is 0 Å². The van der Waals surface area contributed by atoms with Gasteiger partial charge in [0.15, 0.2) is 0 Å². The van der Waals surface area contributed by atoms with Crippen LogP contribution < -0.4 is 0 Å². The fourth-order valence-corrected chi connectivity index (χ4v) is 6.10. The Kier molecular flexibility index (Phi) is 5.94. The molecule has 174 valence electrons. The lowest BCUT2D eigenvalue weighted by atomic mass is 9.60. The summed E-state index contributed by atoms with van der Waals surface area (Å²) in [5, 5.41) is 0. The van der Waals surface area contributed by atoms with Gasteiger partial charge in [0.2, 0.25) is 5.91 Å². The van der Waals surface area contributed by atoms with Gasteiger partial charge in [-0.2, -0.15) is 0 Å². The van der Waals surface area contributed by atoms with E-state index in [-0.39, 0.29) is 23.3 Å². The second-order valence-corrected chi connectivity index (χ2v) is 9.87. The highest BCUT2D eigenvalue weighted by Gasteiger charge is 2.66. The third-order valence-electron chi connectivity index (χ3n) is 8.13. The van der Waals surface area contributed by atoms with Gasteiger partial charge in [-0.05, 0) is 50.3 Å². The predicted octanol–water partition coefficient (Wildman–Crippen LogP) is 2.71. The fourth-order valence-electron chi connectivity index (χ4n) is 6.10. The van der Waals surface area contributed by atoms with E-state index in [1.165, 1.54) is 5.56 Å². The zero-order chi connectivity index (χ0) is 23.1. The lowest BCUT2D eigenvalue weighted by Crippen LogP contribution is -2.53. The Morgan fingerprint density at radius 2 is 1.59 bits per heavy atom. The molecule has 0 aliphatic carbocycles. The van der Waals surface area contributed by atoms with Crippen molar-refractivity contribution in [3.8, 4) is 0 Å². The Labute approximate surface area is 191 Å². The van der Waals surface area contributed by atoms with E-state index in [0.717, 1.165) is 37.8 Å². The zero-order valence-corrected chi connectivity index (χ0v) is 19.9. The molecule has 0 aromatic heterocycles. The lowest BCUT2D eigenvalue weighted by molar-refractivity contribution is -0.141. The fraction of sp³-hybridized carbons (Fsp3) is 0.640. The van der Waals surface area contributed by atoms with Gasteiger partial charge >= 0.3 is 6.03 Å². The largest absolute Gasteiger partial charge is 0.342 e. The van der Waals surface area contributed by atoms with Gasteiger partial charge in [-0.3, -0.25) is 9.59 Å². The third kappa shape index (κ3) is 3.46. The average Bonchev–Trinajstić information content (AvgIpc) is 3.31. The molecule has 4 rings (SSSR count). The highest BCUT2D eigenvalue weighted by molar-refractivity contribution is 5.94. The first kappa shape index (κ1) is 22.6. The Bertz CT molecular complexity index is 889. The van der Waals surface area contributed by atoms with Gasteiger partial charge in [0.25, 0.3) is 5.91 Å².